The molecule has 3 aromatic rings. The van der Waals surface area contributed by atoms with Gasteiger partial charge in [-0.2, -0.15) is 0 Å². The summed E-state index contributed by atoms with van der Waals surface area (Å²) < 4.78 is 1.80. The number of aromatic nitrogens is 3. The summed E-state index contributed by atoms with van der Waals surface area (Å²) in [5, 5.41) is 8.47. The summed E-state index contributed by atoms with van der Waals surface area (Å²) in [6, 6.07) is 16.1. The first-order valence-corrected chi connectivity index (χ1v) is 9.58. The summed E-state index contributed by atoms with van der Waals surface area (Å²) >= 11 is 0. The van der Waals surface area contributed by atoms with Gasteiger partial charge in [0.25, 0.3) is 0 Å². The van der Waals surface area contributed by atoms with Crippen LogP contribution in [0.15, 0.2) is 54.7 Å². The first kappa shape index (κ1) is 19.0. The molecule has 0 saturated carbocycles. The van der Waals surface area contributed by atoms with Crippen molar-refractivity contribution in [2.24, 2.45) is 5.92 Å². The smallest absolute Gasteiger partial charge is 0.141 e. The molecule has 0 fully saturated rings. The molecule has 0 aliphatic carbocycles. The average molecular weight is 361 g/mol. The summed E-state index contributed by atoms with van der Waals surface area (Å²) in [4.78, 5) is 12.4. The van der Waals surface area contributed by atoms with Crippen LogP contribution in [0.2, 0.25) is 0 Å². The molecule has 0 bridgehead atoms. The lowest BCUT2D eigenvalue weighted by Crippen LogP contribution is -2.07. The molecule has 3 rings (SSSR count). The number of Topliss-reactive ketones (excluding diaryl/α,β-unsaturated/α-hetero) is 1. The van der Waals surface area contributed by atoms with Crippen molar-refractivity contribution in [1.82, 2.24) is 15.0 Å². The summed E-state index contributed by atoms with van der Waals surface area (Å²) in [5.74, 6) is 0.889. The van der Waals surface area contributed by atoms with Gasteiger partial charge in [0, 0.05) is 12.8 Å². The third-order valence-corrected chi connectivity index (χ3v) is 4.77. The van der Waals surface area contributed by atoms with E-state index in [1.54, 1.807) is 4.68 Å². The molecular weight excluding hydrogens is 334 g/mol. The van der Waals surface area contributed by atoms with E-state index < -0.39 is 0 Å². The van der Waals surface area contributed by atoms with Crippen molar-refractivity contribution in [2.45, 2.75) is 46.5 Å². The summed E-state index contributed by atoms with van der Waals surface area (Å²) in [6.45, 7) is 6.47. The Morgan fingerprint density at radius 1 is 1.04 bits per heavy atom. The molecule has 0 unspecified atom stereocenters. The maximum Gasteiger partial charge on any atom is 0.141 e. The van der Waals surface area contributed by atoms with Gasteiger partial charge in [-0.25, -0.2) is 4.68 Å². The fourth-order valence-electron chi connectivity index (χ4n) is 3.05. The van der Waals surface area contributed by atoms with Crippen molar-refractivity contribution in [3.8, 4) is 5.69 Å². The number of aryl methyl sites for hydroxylation is 2. The minimum absolute atomic E-state index is 0.230. The number of hydrogen-bond donors (Lipinski definition) is 0. The van der Waals surface area contributed by atoms with Crippen molar-refractivity contribution in [3.63, 3.8) is 0 Å². The van der Waals surface area contributed by atoms with E-state index in [0.717, 1.165) is 35.3 Å². The van der Waals surface area contributed by atoms with Crippen LogP contribution in [0.25, 0.3) is 5.69 Å². The van der Waals surface area contributed by atoms with Crippen molar-refractivity contribution in [1.29, 1.82) is 0 Å². The van der Waals surface area contributed by atoms with Crippen molar-refractivity contribution in [3.05, 3.63) is 77.1 Å². The molecule has 0 saturated heterocycles. The number of rotatable bonds is 8. The van der Waals surface area contributed by atoms with Gasteiger partial charge in [-0.15, -0.1) is 5.10 Å². The molecule has 0 aliphatic heterocycles. The van der Waals surface area contributed by atoms with Gasteiger partial charge in [0.15, 0.2) is 0 Å². The van der Waals surface area contributed by atoms with Crippen LogP contribution < -0.4 is 0 Å². The Labute approximate surface area is 161 Å². The summed E-state index contributed by atoms with van der Waals surface area (Å²) in [6.07, 6.45) is 4.98. The molecule has 1 aromatic heterocycles. The fraction of sp³-hybridized carbons (Fsp3) is 0.348. The first-order chi connectivity index (χ1) is 13.0. The highest BCUT2D eigenvalue weighted by Crippen LogP contribution is 2.14. The average Bonchev–Trinajstić information content (AvgIpc) is 3.11. The van der Waals surface area contributed by atoms with Crippen LogP contribution in [0.1, 0.15) is 42.7 Å². The van der Waals surface area contributed by atoms with Gasteiger partial charge >= 0.3 is 0 Å². The molecular formula is C23H27N3O. The van der Waals surface area contributed by atoms with Crippen molar-refractivity contribution in [2.75, 3.05) is 0 Å². The Kier molecular flexibility index (Phi) is 6.17. The van der Waals surface area contributed by atoms with E-state index in [0.29, 0.717) is 18.8 Å². The van der Waals surface area contributed by atoms with E-state index in [9.17, 15) is 4.79 Å². The zero-order valence-corrected chi connectivity index (χ0v) is 16.4. The largest absolute Gasteiger partial charge is 0.299 e. The van der Waals surface area contributed by atoms with E-state index in [1.165, 1.54) is 5.56 Å². The van der Waals surface area contributed by atoms with Crippen LogP contribution in [0.3, 0.4) is 0 Å². The second-order valence-electron chi connectivity index (χ2n) is 7.57. The topological polar surface area (TPSA) is 47.8 Å². The number of nitrogens with zero attached hydrogens (tertiary/aromatic N) is 3. The van der Waals surface area contributed by atoms with Crippen molar-refractivity contribution >= 4 is 5.78 Å². The highest BCUT2D eigenvalue weighted by molar-refractivity contribution is 5.83. The van der Waals surface area contributed by atoms with Crippen LogP contribution in [0.4, 0.5) is 0 Å². The van der Waals surface area contributed by atoms with Gasteiger partial charge in [-0.1, -0.05) is 55.5 Å². The van der Waals surface area contributed by atoms with Crippen LogP contribution in [-0.2, 0) is 24.1 Å². The molecule has 4 heteroatoms. The monoisotopic (exact) mass is 361 g/mol. The maximum atomic E-state index is 12.4. The van der Waals surface area contributed by atoms with Gasteiger partial charge in [0.05, 0.1) is 17.6 Å². The highest BCUT2D eigenvalue weighted by atomic mass is 16.1. The second-order valence-corrected chi connectivity index (χ2v) is 7.57. The predicted octanol–water partition coefficient (Wildman–Crippen LogP) is 4.52. The molecule has 0 atom stereocenters. The Hall–Kier alpha value is -2.75. The summed E-state index contributed by atoms with van der Waals surface area (Å²) in [5.41, 5.74) is 5.28. The Balaban J connectivity index is 1.60. The van der Waals surface area contributed by atoms with Crippen LogP contribution >= 0.6 is 0 Å². The third kappa shape index (κ3) is 5.36. The first-order valence-electron chi connectivity index (χ1n) is 9.58. The van der Waals surface area contributed by atoms with E-state index in [4.69, 9.17) is 0 Å². The van der Waals surface area contributed by atoms with E-state index in [2.05, 4.69) is 24.2 Å². The molecule has 0 aliphatic rings. The number of benzene rings is 2. The van der Waals surface area contributed by atoms with Crippen molar-refractivity contribution < 1.29 is 4.79 Å². The van der Waals surface area contributed by atoms with Crippen LogP contribution in [0, 0.1) is 12.8 Å². The molecule has 27 heavy (non-hydrogen) atoms. The maximum absolute atomic E-state index is 12.4. The van der Waals surface area contributed by atoms with E-state index in [1.807, 2.05) is 61.7 Å². The second kappa shape index (κ2) is 8.76. The van der Waals surface area contributed by atoms with Gasteiger partial charge in [0.2, 0.25) is 0 Å². The molecule has 0 radical (unpaired) electrons. The lowest BCUT2D eigenvalue weighted by molar-refractivity contribution is -0.117. The predicted molar refractivity (Wildman–Crippen MR) is 108 cm³/mol. The minimum Gasteiger partial charge on any atom is -0.299 e. The van der Waals surface area contributed by atoms with Gasteiger partial charge in [-0.05, 0) is 54.5 Å². The molecule has 4 nitrogen and oxygen atoms in total. The molecule has 1 heterocycles. The van der Waals surface area contributed by atoms with E-state index in [-0.39, 0.29) is 5.78 Å². The van der Waals surface area contributed by atoms with Gasteiger partial charge < -0.3 is 0 Å². The minimum atomic E-state index is 0.230. The Morgan fingerprint density at radius 3 is 2.48 bits per heavy atom. The standard InChI is InChI=1S/C23H27N3O/c1-17(2)8-11-21-16-26(25-24-21)22-12-9-19(10-13-22)14-23(27)15-20-7-5-4-6-18(20)3/h4-7,9-10,12-13,16-17H,8,11,14-15H2,1-3H3. The van der Waals surface area contributed by atoms with E-state index >= 15 is 0 Å². The highest BCUT2D eigenvalue weighted by Gasteiger charge is 2.08. The number of carbonyl (C=O) groups is 1. The Bertz CT molecular complexity index is 894. The van der Waals surface area contributed by atoms with Crippen LogP contribution in [-0.4, -0.2) is 20.8 Å². The number of hydrogen-bond acceptors (Lipinski definition) is 3. The SMILES string of the molecule is Cc1ccccc1CC(=O)Cc1ccc(-n2cc(CCC(C)C)nn2)cc1. The molecule has 0 N–H and O–H groups in total. The lowest BCUT2D eigenvalue weighted by Gasteiger charge is -2.06. The molecule has 140 valence electrons. The lowest BCUT2D eigenvalue weighted by atomic mass is 9.99. The zero-order valence-electron chi connectivity index (χ0n) is 16.4. The molecule has 0 spiro atoms. The van der Waals surface area contributed by atoms with Gasteiger partial charge in [-0.3, -0.25) is 4.79 Å². The number of ketones is 1. The van der Waals surface area contributed by atoms with Gasteiger partial charge in [0.1, 0.15) is 5.78 Å². The van der Waals surface area contributed by atoms with Crippen LogP contribution in [0.5, 0.6) is 0 Å². The summed E-state index contributed by atoms with van der Waals surface area (Å²) in [7, 11) is 0. The molecule has 2 aromatic carbocycles. The fourth-order valence-corrected chi connectivity index (χ4v) is 3.05. The Morgan fingerprint density at radius 2 is 1.78 bits per heavy atom. The normalized spacial score (nSPS) is 11.1. The molecule has 0 amide bonds. The quantitative estimate of drug-likeness (QED) is 0.593. The zero-order chi connectivity index (χ0) is 19.2. The third-order valence-electron chi connectivity index (χ3n) is 4.77. The number of carbonyl (C=O) groups excluding carboxylic acids is 1.